The minimum Gasteiger partial charge on any atom is -0.369 e. The largest absolute Gasteiger partial charge is 0.369 e. The number of hydrogen-bond donors (Lipinski definition) is 1. The van der Waals surface area contributed by atoms with Crippen molar-refractivity contribution in [2.75, 3.05) is 18.8 Å². The van der Waals surface area contributed by atoms with Gasteiger partial charge in [-0.05, 0) is 44.1 Å². The second-order valence-corrected chi connectivity index (χ2v) is 9.89. The molecule has 1 saturated heterocycles. The lowest BCUT2D eigenvalue weighted by Gasteiger charge is -2.31. The van der Waals surface area contributed by atoms with E-state index < -0.39 is 0 Å². The molecule has 0 saturated carbocycles. The summed E-state index contributed by atoms with van der Waals surface area (Å²) in [5.41, 5.74) is 6.54. The van der Waals surface area contributed by atoms with Crippen molar-refractivity contribution in [2.45, 2.75) is 50.2 Å². The van der Waals surface area contributed by atoms with Crippen LogP contribution in [0, 0.1) is 5.92 Å². The average Bonchev–Trinajstić information content (AvgIpc) is 3.13. The third kappa shape index (κ3) is 4.05. The molecule has 2 aliphatic rings. The number of thiophene rings is 1. The molecule has 2 aromatic heterocycles. The standard InChI is InChI=1S/C21H26N4O3S2/c1-2-9-25-20(28)17-14-7-3-4-8-15(14)30-19(17)23-21(25)29-12-16(26)24-10-5-6-13(11-24)18(22)27/h2,13H,1,3-12H2,(H2,22,27). The number of amides is 2. The minimum absolute atomic E-state index is 0.0407. The number of nitrogens with zero attached hydrogens (tertiary/aromatic N) is 3. The highest BCUT2D eigenvalue weighted by atomic mass is 32.2. The normalized spacial score (nSPS) is 18.9. The number of carbonyl (C=O) groups is 2. The van der Waals surface area contributed by atoms with Crippen LogP contribution in [0.3, 0.4) is 0 Å². The Hall–Kier alpha value is -2.13. The number of aromatic nitrogens is 2. The van der Waals surface area contributed by atoms with Gasteiger partial charge in [0.2, 0.25) is 11.8 Å². The van der Waals surface area contributed by atoms with Crippen LogP contribution in [-0.2, 0) is 29.0 Å². The average molecular weight is 447 g/mol. The molecule has 3 heterocycles. The Morgan fingerprint density at radius 1 is 1.30 bits per heavy atom. The van der Waals surface area contributed by atoms with Crippen LogP contribution in [0.15, 0.2) is 22.6 Å². The predicted molar refractivity (Wildman–Crippen MR) is 120 cm³/mol. The van der Waals surface area contributed by atoms with Gasteiger partial charge in [-0.1, -0.05) is 17.8 Å². The zero-order chi connectivity index (χ0) is 21.3. The van der Waals surface area contributed by atoms with Crippen LogP contribution < -0.4 is 11.3 Å². The Morgan fingerprint density at radius 3 is 2.87 bits per heavy atom. The van der Waals surface area contributed by atoms with E-state index in [4.69, 9.17) is 10.7 Å². The number of aryl methyl sites for hydroxylation is 2. The van der Waals surface area contributed by atoms with E-state index in [1.54, 1.807) is 26.9 Å². The van der Waals surface area contributed by atoms with Gasteiger partial charge in [0.15, 0.2) is 5.16 Å². The molecular formula is C21H26N4O3S2. The highest BCUT2D eigenvalue weighted by Gasteiger charge is 2.27. The van der Waals surface area contributed by atoms with E-state index in [0.29, 0.717) is 24.8 Å². The Kier molecular flexibility index (Phi) is 6.29. The zero-order valence-electron chi connectivity index (χ0n) is 16.9. The fourth-order valence-corrected chi connectivity index (χ4v) is 6.49. The molecule has 4 rings (SSSR count). The van der Waals surface area contributed by atoms with Crippen molar-refractivity contribution in [3.63, 3.8) is 0 Å². The van der Waals surface area contributed by atoms with Crippen molar-refractivity contribution in [2.24, 2.45) is 11.7 Å². The fourth-order valence-electron chi connectivity index (χ4n) is 4.27. The van der Waals surface area contributed by atoms with Crippen LogP contribution in [0.2, 0.25) is 0 Å². The Labute approximate surface area is 183 Å². The maximum atomic E-state index is 13.3. The molecule has 30 heavy (non-hydrogen) atoms. The molecule has 2 aromatic rings. The maximum absolute atomic E-state index is 13.3. The van der Waals surface area contributed by atoms with Gasteiger partial charge in [0.25, 0.3) is 5.56 Å². The van der Waals surface area contributed by atoms with Crippen molar-refractivity contribution >= 4 is 45.1 Å². The highest BCUT2D eigenvalue weighted by molar-refractivity contribution is 7.99. The van der Waals surface area contributed by atoms with E-state index in [-0.39, 0.29) is 29.0 Å². The summed E-state index contributed by atoms with van der Waals surface area (Å²) >= 11 is 2.89. The summed E-state index contributed by atoms with van der Waals surface area (Å²) in [6.45, 7) is 5.14. The number of nitrogens with two attached hydrogens (primary N) is 1. The molecule has 2 amide bonds. The number of allylic oxidation sites excluding steroid dienone is 1. The molecule has 1 aliphatic heterocycles. The van der Waals surface area contributed by atoms with Crippen molar-refractivity contribution in [1.29, 1.82) is 0 Å². The first-order valence-corrected chi connectivity index (χ1v) is 12.2. The molecule has 0 aromatic carbocycles. The topological polar surface area (TPSA) is 98.3 Å². The van der Waals surface area contributed by atoms with Crippen LogP contribution >= 0.6 is 23.1 Å². The number of fused-ring (bicyclic) bond motifs is 3. The number of likely N-dealkylation sites (tertiary alicyclic amines) is 1. The second kappa shape index (κ2) is 8.93. The van der Waals surface area contributed by atoms with Crippen molar-refractivity contribution in [3.8, 4) is 0 Å². The van der Waals surface area contributed by atoms with Gasteiger partial charge in [0.05, 0.1) is 17.1 Å². The first kappa shape index (κ1) is 21.1. The summed E-state index contributed by atoms with van der Waals surface area (Å²) in [7, 11) is 0. The van der Waals surface area contributed by atoms with E-state index in [9.17, 15) is 14.4 Å². The first-order chi connectivity index (χ1) is 14.5. The Morgan fingerprint density at radius 2 is 2.10 bits per heavy atom. The molecule has 1 atom stereocenters. The van der Waals surface area contributed by atoms with Gasteiger partial charge in [0.1, 0.15) is 4.83 Å². The molecule has 0 spiro atoms. The lowest BCUT2D eigenvalue weighted by Crippen LogP contribution is -2.44. The maximum Gasteiger partial charge on any atom is 0.263 e. The molecule has 1 unspecified atom stereocenters. The van der Waals surface area contributed by atoms with Crippen LogP contribution in [0.5, 0.6) is 0 Å². The van der Waals surface area contributed by atoms with Crippen molar-refractivity contribution < 1.29 is 9.59 Å². The van der Waals surface area contributed by atoms with Crippen LogP contribution in [0.25, 0.3) is 10.2 Å². The van der Waals surface area contributed by atoms with Gasteiger partial charge in [-0.2, -0.15) is 0 Å². The lowest BCUT2D eigenvalue weighted by atomic mass is 9.97. The smallest absolute Gasteiger partial charge is 0.263 e. The number of hydrogen-bond acceptors (Lipinski definition) is 6. The van der Waals surface area contributed by atoms with E-state index in [2.05, 4.69) is 6.58 Å². The van der Waals surface area contributed by atoms with E-state index in [1.807, 2.05) is 0 Å². The number of carbonyl (C=O) groups excluding carboxylic acids is 2. The van der Waals surface area contributed by atoms with E-state index in [0.717, 1.165) is 54.3 Å². The molecule has 2 N–H and O–H groups in total. The monoisotopic (exact) mass is 446 g/mol. The Balaban J connectivity index is 1.58. The number of piperidine rings is 1. The van der Waals surface area contributed by atoms with Gasteiger partial charge in [-0.25, -0.2) is 4.98 Å². The molecule has 9 heteroatoms. The van der Waals surface area contributed by atoms with Crippen LogP contribution in [0.1, 0.15) is 36.1 Å². The number of primary amides is 1. The highest BCUT2D eigenvalue weighted by Crippen LogP contribution is 2.34. The predicted octanol–water partition coefficient (Wildman–Crippen LogP) is 2.34. The van der Waals surface area contributed by atoms with Gasteiger partial charge in [-0.15, -0.1) is 17.9 Å². The lowest BCUT2D eigenvalue weighted by molar-refractivity contribution is -0.132. The second-order valence-electron chi connectivity index (χ2n) is 7.86. The third-order valence-corrected chi connectivity index (χ3v) is 8.00. The zero-order valence-corrected chi connectivity index (χ0v) is 18.5. The summed E-state index contributed by atoms with van der Waals surface area (Å²) in [5, 5.41) is 1.29. The molecule has 1 aliphatic carbocycles. The van der Waals surface area contributed by atoms with Crippen molar-refractivity contribution in [3.05, 3.63) is 33.4 Å². The quantitative estimate of drug-likeness (QED) is 0.417. The van der Waals surface area contributed by atoms with E-state index in [1.165, 1.54) is 16.6 Å². The van der Waals surface area contributed by atoms with Gasteiger partial charge < -0.3 is 10.6 Å². The summed E-state index contributed by atoms with van der Waals surface area (Å²) in [4.78, 5) is 46.0. The summed E-state index contributed by atoms with van der Waals surface area (Å²) in [5.74, 6) is -0.519. The third-order valence-electron chi connectivity index (χ3n) is 5.85. The van der Waals surface area contributed by atoms with Crippen molar-refractivity contribution in [1.82, 2.24) is 14.5 Å². The number of rotatable bonds is 6. The molecule has 0 bridgehead atoms. The Bertz CT molecular complexity index is 1060. The molecular weight excluding hydrogens is 420 g/mol. The minimum atomic E-state index is -0.353. The summed E-state index contributed by atoms with van der Waals surface area (Å²) in [6, 6.07) is 0. The van der Waals surface area contributed by atoms with Crippen LogP contribution in [-0.4, -0.2) is 45.1 Å². The van der Waals surface area contributed by atoms with Gasteiger partial charge in [-0.3, -0.25) is 19.0 Å². The van der Waals surface area contributed by atoms with Crippen LogP contribution in [0.4, 0.5) is 0 Å². The van der Waals surface area contributed by atoms with E-state index >= 15 is 0 Å². The summed E-state index contributed by atoms with van der Waals surface area (Å²) in [6.07, 6.45) is 7.38. The SMILES string of the molecule is C=CCn1c(SCC(=O)N2CCCC(C(N)=O)C2)nc2sc3c(c2c1=O)CCCC3. The molecule has 160 valence electrons. The summed E-state index contributed by atoms with van der Waals surface area (Å²) < 4.78 is 1.62. The van der Waals surface area contributed by atoms with Gasteiger partial charge >= 0.3 is 0 Å². The molecule has 7 nitrogen and oxygen atoms in total. The molecule has 1 fully saturated rings. The fraction of sp³-hybridized carbons (Fsp3) is 0.524. The first-order valence-electron chi connectivity index (χ1n) is 10.4. The number of thioether (sulfide) groups is 1. The van der Waals surface area contributed by atoms with Gasteiger partial charge in [0, 0.05) is 24.5 Å². The molecule has 0 radical (unpaired) electrons.